The maximum absolute atomic E-state index is 12.9. The van der Waals surface area contributed by atoms with Crippen LogP contribution in [0.3, 0.4) is 0 Å². The predicted octanol–water partition coefficient (Wildman–Crippen LogP) is 0.755. The van der Waals surface area contributed by atoms with E-state index in [2.05, 4.69) is 5.10 Å². The average molecular weight is 396 g/mol. The Morgan fingerprint density at radius 1 is 1.00 bits per heavy atom. The van der Waals surface area contributed by atoms with Crippen molar-refractivity contribution in [1.29, 1.82) is 0 Å². The molecule has 1 aromatic carbocycles. The second-order valence-electron chi connectivity index (χ2n) is 7.32. The first-order valence-corrected chi connectivity index (χ1v) is 9.93. The summed E-state index contributed by atoms with van der Waals surface area (Å²) in [5.41, 5.74) is 0.921. The Balaban J connectivity index is 1.40. The highest BCUT2D eigenvalue weighted by Crippen LogP contribution is 2.16. The molecule has 1 unspecified atom stereocenters. The Labute approximate surface area is 168 Å². The van der Waals surface area contributed by atoms with Crippen molar-refractivity contribution in [2.45, 2.75) is 25.5 Å². The molecule has 2 saturated heterocycles. The zero-order chi connectivity index (χ0) is 20.2. The maximum Gasteiger partial charge on any atom is 0.274 e. The third kappa shape index (κ3) is 4.37. The molecule has 0 radical (unpaired) electrons. The second kappa shape index (κ2) is 8.57. The normalized spacial score (nSPS) is 19.4. The van der Waals surface area contributed by atoms with E-state index >= 15 is 0 Å². The molecule has 2 amide bonds. The molecule has 152 valence electrons. The van der Waals surface area contributed by atoms with E-state index in [-0.39, 0.29) is 29.2 Å². The molecular formula is C21H24N4O4. The van der Waals surface area contributed by atoms with Gasteiger partial charge in [0.15, 0.2) is 0 Å². The zero-order valence-corrected chi connectivity index (χ0v) is 16.2. The molecule has 8 nitrogen and oxygen atoms in total. The predicted molar refractivity (Wildman–Crippen MR) is 105 cm³/mol. The number of piperazine rings is 1. The summed E-state index contributed by atoms with van der Waals surface area (Å²) < 4.78 is 6.78. The molecule has 1 aromatic heterocycles. The van der Waals surface area contributed by atoms with Gasteiger partial charge in [0.25, 0.3) is 17.4 Å². The zero-order valence-electron chi connectivity index (χ0n) is 16.2. The smallest absolute Gasteiger partial charge is 0.274 e. The number of rotatable bonds is 4. The highest BCUT2D eigenvalue weighted by Gasteiger charge is 2.31. The van der Waals surface area contributed by atoms with Gasteiger partial charge >= 0.3 is 0 Å². The number of ether oxygens (including phenoxy) is 1. The molecule has 0 aliphatic carbocycles. The van der Waals surface area contributed by atoms with Gasteiger partial charge in [0.1, 0.15) is 11.8 Å². The molecule has 8 heteroatoms. The van der Waals surface area contributed by atoms with Crippen LogP contribution in [0.15, 0.2) is 47.3 Å². The number of carbonyl (C=O) groups is 2. The van der Waals surface area contributed by atoms with E-state index in [0.717, 1.165) is 18.4 Å². The van der Waals surface area contributed by atoms with Crippen LogP contribution in [0.25, 0.3) is 0 Å². The lowest BCUT2D eigenvalue weighted by Gasteiger charge is -2.35. The van der Waals surface area contributed by atoms with Crippen LogP contribution in [-0.2, 0) is 16.1 Å². The maximum atomic E-state index is 12.9. The monoisotopic (exact) mass is 396 g/mol. The van der Waals surface area contributed by atoms with Crippen molar-refractivity contribution in [1.82, 2.24) is 19.6 Å². The van der Waals surface area contributed by atoms with E-state index < -0.39 is 0 Å². The molecular weight excluding hydrogens is 372 g/mol. The summed E-state index contributed by atoms with van der Waals surface area (Å²) in [5.74, 6) is -0.208. The third-order valence-electron chi connectivity index (χ3n) is 5.34. The molecule has 29 heavy (non-hydrogen) atoms. The van der Waals surface area contributed by atoms with Gasteiger partial charge in [-0.2, -0.15) is 5.10 Å². The van der Waals surface area contributed by atoms with Crippen molar-refractivity contribution in [2.24, 2.45) is 0 Å². The van der Waals surface area contributed by atoms with Crippen LogP contribution in [0.2, 0.25) is 0 Å². The van der Waals surface area contributed by atoms with Gasteiger partial charge < -0.3 is 14.5 Å². The summed E-state index contributed by atoms with van der Waals surface area (Å²) in [6.45, 7) is 2.79. The summed E-state index contributed by atoms with van der Waals surface area (Å²) in [4.78, 5) is 40.9. The highest BCUT2D eigenvalue weighted by molar-refractivity contribution is 5.92. The summed E-state index contributed by atoms with van der Waals surface area (Å²) in [7, 11) is 0. The van der Waals surface area contributed by atoms with Crippen molar-refractivity contribution in [3.05, 3.63) is 64.1 Å². The lowest BCUT2D eigenvalue weighted by molar-refractivity contribution is -0.142. The van der Waals surface area contributed by atoms with Crippen molar-refractivity contribution in [3.63, 3.8) is 0 Å². The van der Waals surface area contributed by atoms with Crippen LogP contribution in [0, 0.1) is 0 Å². The molecule has 0 saturated carbocycles. The van der Waals surface area contributed by atoms with Crippen LogP contribution in [0.1, 0.15) is 28.9 Å². The third-order valence-corrected chi connectivity index (χ3v) is 5.34. The van der Waals surface area contributed by atoms with E-state index in [1.165, 1.54) is 16.8 Å². The minimum atomic E-state index is -0.333. The largest absolute Gasteiger partial charge is 0.368 e. The number of hydrogen-bond donors (Lipinski definition) is 0. The van der Waals surface area contributed by atoms with Gasteiger partial charge in [-0.1, -0.05) is 30.3 Å². The molecule has 0 N–H and O–H groups in total. The first-order chi connectivity index (χ1) is 14.1. The SMILES string of the molecule is O=C(c1ccc(=O)n(Cc2ccccc2)n1)N1CCN(C(=O)C2CCCO2)CC1. The van der Waals surface area contributed by atoms with Crippen LogP contribution in [0.4, 0.5) is 0 Å². The minimum absolute atomic E-state index is 0.0177. The quantitative estimate of drug-likeness (QED) is 0.762. The first kappa shape index (κ1) is 19.3. The fraction of sp³-hybridized carbons (Fsp3) is 0.429. The Bertz CT molecular complexity index is 929. The summed E-state index contributed by atoms with van der Waals surface area (Å²) in [5, 5.41) is 4.27. The van der Waals surface area contributed by atoms with Gasteiger partial charge in [-0.15, -0.1) is 0 Å². The lowest BCUT2D eigenvalue weighted by Crippen LogP contribution is -2.53. The molecule has 2 aliphatic rings. The van der Waals surface area contributed by atoms with Crippen LogP contribution in [-0.4, -0.2) is 70.3 Å². The molecule has 2 fully saturated rings. The van der Waals surface area contributed by atoms with E-state index in [9.17, 15) is 14.4 Å². The van der Waals surface area contributed by atoms with Gasteiger partial charge in [-0.3, -0.25) is 14.4 Å². The average Bonchev–Trinajstić information content (AvgIpc) is 3.30. The van der Waals surface area contributed by atoms with Crippen molar-refractivity contribution in [2.75, 3.05) is 32.8 Å². The Hall–Kier alpha value is -3.00. The lowest BCUT2D eigenvalue weighted by atomic mass is 10.2. The molecule has 2 aliphatic heterocycles. The second-order valence-corrected chi connectivity index (χ2v) is 7.32. The van der Waals surface area contributed by atoms with Gasteiger partial charge in [0, 0.05) is 38.9 Å². The Kier molecular flexibility index (Phi) is 5.71. The fourth-order valence-corrected chi connectivity index (χ4v) is 3.70. The summed E-state index contributed by atoms with van der Waals surface area (Å²) in [6.07, 6.45) is 1.35. The molecule has 4 rings (SSSR count). The van der Waals surface area contributed by atoms with E-state index in [1.54, 1.807) is 9.80 Å². The number of carbonyl (C=O) groups excluding carboxylic acids is 2. The van der Waals surface area contributed by atoms with E-state index in [0.29, 0.717) is 39.3 Å². The van der Waals surface area contributed by atoms with Gasteiger partial charge in [0.05, 0.1) is 6.54 Å². The van der Waals surface area contributed by atoms with Crippen molar-refractivity contribution >= 4 is 11.8 Å². The standard InChI is InChI=1S/C21H24N4O4/c26-19-9-8-17(22-25(19)15-16-5-2-1-3-6-16)20(27)23-10-12-24(13-11-23)21(28)18-7-4-14-29-18/h1-3,5-6,8-9,18H,4,7,10-15H2. The molecule has 3 heterocycles. The topological polar surface area (TPSA) is 84.7 Å². The van der Waals surface area contributed by atoms with E-state index in [1.807, 2.05) is 30.3 Å². The van der Waals surface area contributed by atoms with Crippen LogP contribution >= 0.6 is 0 Å². The number of amides is 2. The summed E-state index contributed by atoms with van der Waals surface area (Å²) >= 11 is 0. The van der Waals surface area contributed by atoms with Gasteiger partial charge in [-0.25, -0.2) is 4.68 Å². The van der Waals surface area contributed by atoms with Crippen LogP contribution in [0.5, 0.6) is 0 Å². The number of aromatic nitrogens is 2. The molecule has 0 spiro atoms. The molecule has 1 atom stereocenters. The van der Waals surface area contributed by atoms with Gasteiger partial charge in [0.2, 0.25) is 0 Å². The Morgan fingerprint density at radius 2 is 1.72 bits per heavy atom. The number of nitrogens with zero attached hydrogens (tertiary/aromatic N) is 4. The van der Waals surface area contributed by atoms with Crippen molar-refractivity contribution in [3.8, 4) is 0 Å². The highest BCUT2D eigenvalue weighted by atomic mass is 16.5. The van der Waals surface area contributed by atoms with E-state index in [4.69, 9.17) is 4.74 Å². The molecule has 2 aromatic rings. The Morgan fingerprint density at radius 3 is 2.41 bits per heavy atom. The fourth-order valence-electron chi connectivity index (χ4n) is 3.70. The van der Waals surface area contributed by atoms with Crippen molar-refractivity contribution < 1.29 is 14.3 Å². The van der Waals surface area contributed by atoms with Gasteiger partial charge in [-0.05, 0) is 24.5 Å². The molecule has 0 bridgehead atoms. The number of hydrogen-bond acceptors (Lipinski definition) is 5. The minimum Gasteiger partial charge on any atom is -0.368 e. The van der Waals surface area contributed by atoms with Crippen LogP contribution < -0.4 is 5.56 Å². The number of benzene rings is 1. The first-order valence-electron chi connectivity index (χ1n) is 9.93. The summed E-state index contributed by atoms with van der Waals surface area (Å²) in [6, 6.07) is 12.4.